The summed E-state index contributed by atoms with van der Waals surface area (Å²) in [6.45, 7) is 3.32. The molecule has 0 unspecified atom stereocenters. The van der Waals surface area contributed by atoms with E-state index in [1.807, 2.05) is 25.1 Å². The van der Waals surface area contributed by atoms with E-state index in [0.717, 1.165) is 24.0 Å². The largest absolute Gasteiger partial charge is 0.376 e. The van der Waals surface area contributed by atoms with Crippen molar-refractivity contribution in [1.82, 2.24) is 19.7 Å². The molecule has 0 aliphatic carbocycles. The van der Waals surface area contributed by atoms with Crippen LogP contribution in [0.1, 0.15) is 34.3 Å². The molecule has 3 N–H and O–H groups in total. The van der Waals surface area contributed by atoms with Crippen LogP contribution in [0.4, 0.5) is 5.82 Å². The highest BCUT2D eigenvalue weighted by Gasteiger charge is 2.26. The second-order valence-electron chi connectivity index (χ2n) is 8.27. The minimum Gasteiger partial charge on any atom is -0.376 e. The van der Waals surface area contributed by atoms with E-state index in [9.17, 15) is 9.59 Å². The molecule has 1 aliphatic heterocycles. The average Bonchev–Trinajstić information content (AvgIpc) is 3.35. The number of nitrogens with two attached hydrogens (primary N) is 1. The molecule has 5 rings (SSSR count). The molecule has 9 heteroatoms. The number of rotatable bonds is 5. The molecule has 0 aromatic carbocycles. The summed E-state index contributed by atoms with van der Waals surface area (Å²) >= 11 is 0. The Balaban J connectivity index is 1.68. The lowest BCUT2D eigenvalue weighted by molar-refractivity contribution is -0.649. The first-order chi connectivity index (χ1) is 16.0. The molecule has 4 aromatic heterocycles. The van der Waals surface area contributed by atoms with Crippen LogP contribution in [0.15, 0.2) is 53.7 Å². The molecule has 1 fully saturated rings. The minimum atomic E-state index is -0.349. The Hall–Kier alpha value is -3.85. The van der Waals surface area contributed by atoms with Gasteiger partial charge in [-0.15, -0.1) is 0 Å². The van der Waals surface area contributed by atoms with Gasteiger partial charge in [0.25, 0.3) is 17.1 Å². The maximum Gasteiger partial charge on any atom is 0.278 e. The number of amides is 1. The van der Waals surface area contributed by atoms with Crippen molar-refractivity contribution in [2.75, 3.05) is 18.9 Å². The van der Waals surface area contributed by atoms with Crippen molar-refractivity contribution in [3.05, 3.63) is 76.0 Å². The van der Waals surface area contributed by atoms with Gasteiger partial charge in [-0.1, -0.05) is 17.1 Å². The number of nitrogens with one attached hydrogen (secondary N) is 1. The van der Waals surface area contributed by atoms with Gasteiger partial charge in [-0.25, -0.2) is 4.57 Å². The first-order valence-electron chi connectivity index (χ1n) is 11.0. The van der Waals surface area contributed by atoms with Gasteiger partial charge in [-0.3, -0.25) is 19.0 Å². The van der Waals surface area contributed by atoms with Crippen LogP contribution in [0.25, 0.3) is 16.7 Å². The van der Waals surface area contributed by atoms with E-state index in [1.54, 1.807) is 35.3 Å². The fourth-order valence-electron chi connectivity index (χ4n) is 4.23. The molecular formula is C24H25N6O3+. The summed E-state index contributed by atoms with van der Waals surface area (Å²) in [6, 6.07) is 8.98. The first kappa shape index (κ1) is 21.0. The molecule has 168 valence electrons. The molecule has 0 radical (unpaired) electrons. The van der Waals surface area contributed by atoms with Crippen molar-refractivity contribution in [3.8, 4) is 0 Å². The van der Waals surface area contributed by atoms with Crippen molar-refractivity contribution >= 4 is 28.4 Å². The van der Waals surface area contributed by atoms with Gasteiger partial charge in [0.1, 0.15) is 10.9 Å². The van der Waals surface area contributed by atoms with Crippen LogP contribution in [-0.2, 0) is 11.3 Å². The molecule has 1 atom stereocenters. The van der Waals surface area contributed by atoms with Gasteiger partial charge in [0.05, 0.1) is 12.6 Å². The lowest BCUT2D eigenvalue weighted by atomic mass is 10.1. The molecule has 1 amide bonds. The molecule has 0 bridgehead atoms. The summed E-state index contributed by atoms with van der Waals surface area (Å²) in [5.41, 5.74) is 9.20. The van der Waals surface area contributed by atoms with Crippen LogP contribution in [0.5, 0.6) is 0 Å². The number of ether oxygens (including phenoxy) is 1. The van der Waals surface area contributed by atoms with Crippen molar-refractivity contribution in [1.29, 1.82) is 0 Å². The predicted molar refractivity (Wildman–Crippen MR) is 123 cm³/mol. The SMILES string of the molecule is Cc1cccn2c(=O)c3cc(C(=O)NC[C@@H]4CCCO4)c(N)[n+](Cc4cccnc4)c3nc12. The minimum absolute atomic E-state index is 0.00245. The summed E-state index contributed by atoms with van der Waals surface area (Å²) in [6.07, 6.45) is 6.98. The lowest BCUT2D eigenvalue weighted by Crippen LogP contribution is -2.43. The first-order valence-corrected chi connectivity index (χ1v) is 11.0. The molecule has 1 aliphatic rings. The van der Waals surface area contributed by atoms with Gasteiger partial charge in [-0.05, 0) is 38.0 Å². The Bertz CT molecular complexity index is 1410. The highest BCUT2D eigenvalue weighted by Crippen LogP contribution is 2.17. The van der Waals surface area contributed by atoms with Gasteiger partial charge in [0.15, 0.2) is 0 Å². The standard InChI is InChI=1S/C24H24N6O3/c1-15-5-3-9-29-21(15)28-22-19(24(29)32)11-18(23(31)27-13-17-7-4-10-33-17)20(25)30(22)14-16-6-2-8-26-12-16/h2-3,5-6,8-9,11-12,17,25H,4,7,10,13-14H2,1H3,(H,27,31)/p+1/t17-/m0/s1. The van der Waals surface area contributed by atoms with E-state index in [-0.39, 0.29) is 29.0 Å². The Morgan fingerprint density at radius 1 is 1.36 bits per heavy atom. The molecule has 1 saturated heterocycles. The van der Waals surface area contributed by atoms with Gasteiger partial charge in [0.2, 0.25) is 11.5 Å². The molecule has 0 saturated carbocycles. The summed E-state index contributed by atoms with van der Waals surface area (Å²) in [5.74, 6) is -0.111. The number of anilines is 1. The number of hydrogen-bond acceptors (Lipinski definition) is 6. The number of aryl methyl sites for hydroxylation is 1. The van der Waals surface area contributed by atoms with Crippen LogP contribution < -0.4 is 21.2 Å². The maximum atomic E-state index is 13.4. The van der Waals surface area contributed by atoms with Crippen LogP contribution in [0, 0.1) is 6.92 Å². The Morgan fingerprint density at radius 3 is 3.00 bits per heavy atom. The maximum absolute atomic E-state index is 13.4. The van der Waals surface area contributed by atoms with E-state index >= 15 is 0 Å². The molecule has 4 aromatic rings. The fourth-order valence-corrected chi connectivity index (χ4v) is 4.23. The highest BCUT2D eigenvalue weighted by atomic mass is 16.5. The predicted octanol–water partition coefficient (Wildman–Crippen LogP) is 1.38. The van der Waals surface area contributed by atoms with E-state index in [2.05, 4.69) is 10.3 Å². The van der Waals surface area contributed by atoms with Gasteiger partial charge >= 0.3 is 0 Å². The van der Waals surface area contributed by atoms with Crippen LogP contribution >= 0.6 is 0 Å². The monoisotopic (exact) mass is 445 g/mol. The van der Waals surface area contributed by atoms with Crippen LogP contribution in [-0.4, -0.2) is 39.5 Å². The van der Waals surface area contributed by atoms with Gasteiger partial charge < -0.3 is 15.8 Å². The van der Waals surface area contributed by atoms with E-state index in [1.165, 1.54) is 4.40 Å². The van der Waals surface area contributed by atoms with Crippen LogP contribution in [0.2, 0.25) is 0 Å². The van der Waals surface area contributed by atoms with E-state index in [0.29, 0.717) is 36.4 Å². The third-order valence-corrected chi connectivity index (χ3v) is 6.00. The normalized spacial score (nSPS) is 15.8. The Morgan fingerprint density at radius 2 is 2.24 bits per heavy atom. The molecule has 9 nitrogen and oxygen atoms in total. The average molecular weight is 446 g/mol. The number of pyridine rings is 3. The van der Waals surface area contributed by atoms with E-state index in [4.69, 9.17) is 15.5 Å². The summed E-state index contributed by atoms with van der Waals surface area (Å²) in [7, 11) is 0. The number of fused-ring (bicyclic) bond motifs is 2. The van der Waals surface area contributed by atoms with Crippen molar-refractivity contribution in [2.24, 2.45) is 0 Å². The Kier molecular flexibility index (Phi) is 5.47. The third kappa shape index (κ3) is 3.91. The quantitative estimate of drug-likeness (QED) is 0.354. The lowest BCUT2D eigenvalue weighted by Gasteiger charge is -2.14. The topological polar surface area (TPSA) is 115 Å². The third-order valence-electron chi connectivity index (χ3n) is 6.00. The second kappa shape index (κ2) is 8.59. The second-order valence-corrected chi connectivity index (χ2v) is 8.27. The molecular weight excluding hydrogens is 420 g/mol. The Labute approximate surface area is 189 Å². The van der Waals surface area contributed by atoms with Crippen molar-refractivity contribution in [3.63, 3.8) is 0 Å². The van der Waals surface area contributed by atoms with Gasteiger partial charge in [0, 0.05) is 42.9 Å². The van der Waals surface area contributed by atoms with Crippen LogP contribution in [0.3, 0.4) is 0 Å². The zero-order valence-electron chi connectivity index (χ0n) is 18.3. The summed E-state index contributed by atoms with van der Waals surface area (Å²) in [5, 5.41) is 3.22. The van der Waals surface area contributed by atoms with Crippen molar-refractivity contribution < 1.29 is 14.1 Å². The summed E-state index contributed by atoms with van der Waals surface area (Å²) < 4.78 is 8.81. The fraction of sp³-hybridized carbons (Fsp3) is 0.292. The number of aromatic nitrogens is 4. The van der Waals surface area contributed by atoms with Gasteiger partial charge in [-0.2, -0.15) is 0 Å². The summed E-state index contributed by atoms with van der Waals surface area (Å²) in [4.78, 5) is 35.4. The van der Waals surface area contributed by atoms with Crippen molar-refractivity contribution in [2.45, 2.75) is 32.4 Å². The molecule has 0 spiro atoms. The zero-order valence-corrected chi connectivity index (χ0v) is 18.3. The highest BCUT2D eigenvalue weighted by molar-refractivity contribution is 6.00. The number of carbonyl (C=O) groups excluding carboxylic acids is 1. The van der Waals surface area contributed by atoms with E-state index < -0.39 is 0 Å². The number of nitrogens with zero attached hydrogens (tertiary/aromatic N) is 4. The number of hydrogen-bond donors (Lipinski definition) is 2. The number of nitrogen functional groups attached to an aromatic ring is 1. The number of carbonyl (C=O) groups is 1. The smallest absolute Gasteiger partial charge is 0.278 e. The molecule has 5 heterocycles. The zero-order chi connectivity index (χ0) is 22.9. The molecule has 33 heavy (non-hydrogen) atoms.